The van der Waals surface area contributed by atoms with E-state index in [0.717, 1.165) is 12.8 Å². The molecule has 0 spiro atoms. The van der Waals surface area contributed by atoms with Crippen LogP contribution in [0.25, 0.3) is 0 Å². The van der Waals surface area contributed by atoms with E-state index in [1.807, 2.05) is 20.8 Å². The highest BCUT2D eigenvalue weighted by molar-refractivity contribution is 6.05. The Morgan fingerprint density at radius 1 is 1.24 bits per heavy atom. The van der Waals surface area contributed by atoms with E-state index in [2.05, 4.69) is 13.8 Å². The standard InChI is InChI=1S/C13H22N2O2/c1-12(2,3)15-10(16)9-13(4,5)7-6-8-14(9)11(15)17/h9H,6-8H2,1-5H3. The van der Waals surface area contributed by atoms with E-state index in [-0.39, 0.29) is 23.4 Å². The third-order valence-electron chi connectivity index (χ3n) is 3.83. The van der Waals surface area contributed by atoms with Crippen LogP contribution in [0.15, 0.2) is 0 Å². The number of piperidine rings is 1. The molecule has 1 atom stereocenters. The van der Waals surface area contributed by atoms with Gasteiger partial charge in [0.05, 0.1) is 0 Å². The minimum absolute atomic E-state index is 0.0211. The first-order chi connectivity index (χ1) is 7.66. The second-order valence-electron chi connectivity index (χ2n) is 6.82. The molecule has 4 heteroatoms. The molecule has 0 radical (unpaired) electrons. The third-order valence-corrected chi connectivity index (χ3v) is 3.83. The molecule has 17 heavy (non-hydrogen) atoms. The maximum absolute atomic E-state index is 12.5. The molecule has 2 fully saturated rings. The van der Waals surface area contributed by atoms with Gasteiger partial charge in [-0.2, -0.15) is 0 Å². The third kappa shape index (κ3) is 1.74. The summed E-state index contributed by atoms with van der Waals surface area (Å²) in [5, 5.41) is 0. The number of carbonyl (C=O) groups is 2. The fraction of sp³-hybridized carbons (Fsp3) is 0.846. The van der Waals surface area contributed by atoms with Crippen LogP contribution < -0.4 is 0 Å². The number of imide groups is 1. The summed E-state index contributed by atoms with van der Waals surface area (Å²) >= 11 is 0. The van der Waals surface area contributed by atoms with Gasteiger partial charge in [0.2, 0.25) is 0 Å². The summed E-state index contributed by atoms with van der Waals surface area (Å²) in [6.07, 6.45) is 1.99. The highest BCUT2D eigenvalue weighted by Crippen LogP contribution is 2.41. The van der Waals surface area contributed by atoms with E-state index < -0.39 is 5.54 Å². The van der Waals surface area contributed by atoms with E-state index in [4.69, 9.17) is 0 Å². The minimum atomic E-state index is -0.429. The van der Waals surface area contributed by atoms with Crippen molar-refractivity contribution in [3.63, 3.8) is 0 Å². The summed E-state index contributed by atoms with van der Waals surface area (Å²) < 4.78 is 0. The second kappa shape index (κ2) is 3.47. The summed E-state index contributed by atoms with van der Waals surface area (Å²) in [6, 6.07) is -0.372. The Labute approximate surface area is 103 Å². The van der Waals surface area contributed by atoms with Crippen LogP contribution in [0.3, 0.4) is 0 Å². The zero-order chi connectivity index (χ0) is 13.0. The van der Waals surface area contributed by atoms with Crippen molar-refractivity contribution in [3.8, 4) is 0 Å². The van der Waals surface area contributed by atoms with Crippen molar-refractivity contribution < 1.29 is 9.59 Å². The number of nitrogens with zero attached hydrogens (tertiary/aromatic N) is 2. The lowest BCUT2D eigenvalue weighted by Gasteiger charge is -2.39. The molecule has 0 bridgehead atoms. The fourth-order valence-electron chi connectivity index (χ4n) is 3.03. The summed E-state index contributed by atoms with van der Waals surface area (Å²) in [4.78, 5) is 28.0. The molecule has 3 amide bonds. The maximum Gasteiger partial charge on any atom is 0.327 e. The first kappa shape index (κ1) is 12.4. The van der Waals surface area contributed by atoms with Crippen molar-refractivity contribution in [2.75, 3.05) is 6.54 Å². The van der Waals surface area contributed by atoms with E-state index in [0.29, 0.717) is 6.54 Å². The van der Waals surface area contributed by atoms with Gasteiger partial charge in [-0.3, -0.25) is 9.69 Å². The number of hydrogen-bond acceptors (Lipinski definition) is 2. The molecule has 0 aromatic rings. The Kier molecular flexibility index (Phi) is 2.53. The van der Waals surface area contributed by atoms with Crippen LogP contribution in [0.4, 0.5) is 4.79 Å². The summed E-state index contributed by atoms with van der Waals surface area (Å²) in [5.41, 5.74) is -0.535. The number of rotatable bonds is 0. The van der Waals surface area contributed by atoms with E-state index in [1.165, 1.54) is 4.90 Å². The van der Waals surface area contributed by atoms with Gasteiger partial charge in [-0.25, -0.2) is 4.79 Å². The highest BCUT2D eigenvalue weighted by atomic mass is 16.2. The van der Waals surface area contributed by atoms with Crippen LogP contribution >= 0.6 is 0 Å². The molecule has 0 aromatic heterocycles. The van der Waals surface area contributed by atoms with Crippen molar-refractivity contribution >= 4 is 11.9 Å². The van der Waals surface area contributed by atoms with Crippen molar-refractivity contribution in [1.82, 2.24) is 9.80 Å². The van der Waals surface area contributed by atoms with Gasteiger partial charge in [0.25, 0.3) is 5.91 Å². The molecular weight excluding hydrogens is 216 g/mol. The average molecular weight is 238 g/mol. The van der Waals surface area contributed by atoms with Gasteiger partial charge in [0.15, 0.2) is 0 Å². The lowest BCUT2D eigenvalue weighted by atomic mass is 9.76. The minimum Gasteiger partial charge on any atom is -0.312 e. The molecule has 4 nitrogen and oxygen atoms in total. The average Bonchev–Trinajstić information content (AvgIpc) is 2.38. The predicted molar refractivity (Wildman–Crippen MR) is 65.5 cm³/mol. The normalized spacial score (nSPS) is 28.6. The summed E-state index contributed by atoms with van der Waals surface area (Å²) in [6.45, 7) is 10.6. The Hall–Kier alpha value is -1.06. The Morgan fingerprint density at radius 3 is 2.29 bits per heavy atom. The van der Waals surface area contributed by atoms with E-state index in [9.17, 15) is 9.59 Å². The number of hydrogen-bond donors (Lipinski definition) is 0. The van der Waals surface area contributed by atoms with Crippen LogP contribution in [0.5, 0.6) is 0 Å². The van der Waals surface area contributed by atoms with Crippen LogP contribution in [-0.2, 0) is 4.79 Å². The van der Waals surface area contributed by atoms with Crippen LogP contribution in [0.2, 0.25) is 0 Å². The molecule has 2 rings (SSSR count). The topological polar surface area (TPSA) is 40.6 Å². The molecule has 2 aliphatic rings. The lowest BCUT2D eigenvalue weighted by Crippen LogP contribution is -2.50. The van der Waals surface area contributed by atoms with Crippen LogP contribution in [0, 0.1) is 5.41 Å². The molecule has 2 heterocycles. The number of amides is 3. The Morgan fingerprint density at radius 2 is 1.82 bits per heavy atom. The van der Waals surface area contributed by atoms with Crippen molar-refractivity contribution in [2.45, 2.75) is 59.0 Å². The maximum atomic E-state index is 12.5. The molecule has 0 N–H and O–H groups in total. The van der Waals surface area contributed by atoms with Crippen LogP contribution in [-0.4, -0.2) is 39.9 Å². The molecule has 0 saturated carbocycles. The molecule has 2 aliphatic heterocycles. The van der Waals surface area contributed by atoms with E-state index >= 15 is 0 Å². The predicted octanol–water partition coefficient (Wildman–Crippen LogP) is 2.24. The van der Waals surface area contributed by atoms with Gasteiger partial charge < -0.3 is 4.90 Å². The molecular formula is C13H22N2O2. The van der Waals surface area contributed by atoms with Gasteiger partial charge in [-0.05, 0) is 39.0 Å². The Balaban J connectivity index is 2.40. The van der Waals surface area contributed by atoms with Gasteiger partial charge in [0.1, 0.15) is 6.04 Å². The molecule has 0 aliphatic carbocycles. The first-order valence-electron chi connectivity index (χ1n) is 6.31. The SMILES string of the molecule is CC1(C)CCCN2C(=O)N(C(C)(C)C)C(=O)C21. The molecule has 2 saturated heterocycles. The smallest absolute Gasteiger partial charge is 0.312 e. The fourth-order valence-corrected chi connectivity index (χ4v) is 3.03. The van der Waals surface area contributed by atoms with Crippen molar-refractivity contribution in [2.24, 2.45) is 5.41 Å². The first-order valence-corrected chi connectivity index (χ1v) is 6.31. The molecule has 0 aromatic carbocycles. The van der Waals surface area contributed by atoms with Crippen LogP contribution in [0.1, 0.15) is 47.5 Å². The lowest BCUT2D eigenvalue weighted by molar-refractivity contribution is -0.135. The largest absolute Gasteiger partial charge is 0.327 e. The van der Waals surface area contributed by atoms with Crippen molar-refractivity contribution in [3.05, 3.63) is 0 Å². The quantitative estimate of drug-likeness (QED) is 0.607. The monoisotopic (exact) mass is 238 g/mol. The number of urea groups is 1. The zero-order valence-corrected chi connectivity index (χ0v) is 11.4. The number of carbonyl (C=O) groups excluding carboxylic acids is 2. The zero-order valence-electron chi connectivity index (χ0n) is 11.4. The molecule has 1 unspecified atom stereocenters. The Bertz CT molecular complexity index is 368. The highest BCUT2D eigenvalue weighted by Gasteiger charge is 2.55. The van der Waals surface area contributed by atoms with Crippen molar-refractivity contribution in [1.29, 1.82) is 0 Å². The summed E-state index contributed by atoms with van der Waals surface area (Å²) in [7, 11) is 0. The molecule has 96 valence electrons. The second-order valence-corrected chi connectivity index (χ2v) is 6.82. The van der Waals surface area contributed by atoms with E-state index in [1.54, 1.807) is 4.90 Å². The summed E-state index contributed by atoms with van der Waals surface area (Å²) in [5.74, 6) is -0.0211. The van der Waals surface area contributed by atoms with Gasteiger partial charge in [-0.1, -0.05) is 13.8 Å². The van der Waals surface area contributed by atoms with Gasteiger partial charge in [0, 0.05) is 12.1 Å². The number of fused-ring (bicyclic) bond motifs is 1. The van der Waals surface area contributed by atoms with Gasteiger partial charge >= 0.3 is 6.03 Å². The van der Waals surface area contributed by atoms with Gasteiger partial charge in [-0.15, -0.1) is 0 Å².